The monoisotopic (exact) mass is 251 g/mol. The quantitative estimate of drug-likeness (QED) is 0.888. The molecule has 2 N–H and O–H groups in total. The highest BCUT2D eigenvalue weighted by atomic mass is 16.5. The summed E-state index contributed by atoms with van der Waals surface area (Å²) in [5, 5.41) is 4.05. The van der Waals surface area contributed by atoms with E-state index in [1.165, 1.54) is 6.42 Å². The van der Waals surface area contributed by atoms with Crippen LogP contribution in [-0.2, 0) is 16.7 Å². The molecule has 0 amide bonds. The summed E-state index contributed by atoms with van der Waals surface area (Å²) < 4.78 is 11.0. The molecular weight excluding hydrogens is 230 g/mol. The summed E-state index contributed by atoms with van der Waals surface area (Å²) >= 11 is 0. The lowest BCUT2D eigenvalue weighted by Crippen LogP contribution is -2.39. The Hall–Kier alpha value is -0.940. The summed E-state index contributed by atoms with van der Waals surface area (Å²) in [6.07, 6.45) is 8.71. The minimum absolute atomic E-state index is 0.260. The Balaban J connectivity index is 1.68. The van der Waals surface area contributed by atoms with Gasteiger partial charge in [0.1, 0.15) is 0 Å². The molecule has 1 unspecified atom stereocenters. The average molecular weight is 251 g/mol. The number of hydrogen-bond acceptors (Lipinski definition) is 5. The van der Waals surface area contributed by atoms with Gasteiger partial charge in [0.2, 0.25) is 5.89 Å². The number of hydrogen-bond donors (Lipinski definition) is 1. The number of ether oxygens (including phenoxy) is 1. The van der Waals surface area contributed by atoms with Gasteiger partial charge in [0, 0.05) is 13.0 Å². The molecule has 1 atom stereocenters. The Labute approximate surface area is 107 Å². The molecule has 1 aliphatic carbocycles. The smallest absolute Gasteiger partial charge is 0.246 e. The van der Waals surface area contributed by atoms with Crippen molar-refractivity contribution in [2.45, 2.75) is 63.0 Å². The van der Waals surface area contributed by atoms with E-state index in [9.17, 15) is 0 Å². The Morgan fingerprint density at radius 1 is 1.22 bits per heavy atom. The first kappa shape index (κ1) is 12.1. The van der Waals surface area contributed by atoms with Crippen LogP contribution in [0.4, 0.5) is 0 Å². The van der Waals surface area contributed by atoms with E-state index in [4.69, 9.17) is 15.0 Å². The van der Waals surface area contributed by atoms with E-state index < -0.39 is 0 Å². The zero-order valence-electron chi connectivity index (χ0n) is 10.7. The predicted molar refractivity (Wildman–Crippen MR) is 65.9 cm³/mol. The highest BCUT2D eigenvalue weighted by Gasteiger charge is 2.35. The van der Waals surface area contributed by atoms with Crippen molar-refractivity contribution in [3.05, 3.63) is 11.7 Å². The first-order chi connectivity index (χ1) is 8.76. The van der Waals surface area contributed by atoms with E-state index in [-0.39, 0.29) is 11.6 Å². The van der Waals surface area contributed by atoms with Gasteiger partial charge >= 0.3 is 0 Å². The van der Waals surface area contributed by atoms with E-state index in [2.05, 4.69) is 10.1 Å². The van der Waals surface area contributed by atoms with Crippen LogP contribution in [0.5, 0.6) is 0 Å². The van der Waals surface area contributed by atoms with Gasteiger partial charge in [-0.1, -0.05) is 24.4 Å². The van der Waals surface area contributed by atoms with Gasteiger partial charge < -0.3 is 15.0 Å². The summed E-state index contributed by atoms with van der Waals surface area (Å²) in [4.78, 5) is 4.49. The molecule has 1 saturated carbocycles. The molecule has 2 heterocycles. The van der Waals surface area contributed by atoms with Crippen LogP contribution in [0.2, 0.25) is 0 Å². The van der Waals surface area contributed by atoms with Crippen molar-refractivity contribution < 1.29 is 9.26 Å². The molecule has 18 heavy (non-hydrogen) atoms. The maximum atomic E-state index is 6.37. The Kier molecular flexibility index (Phi) is 3.35. The summed E-state index contributed by atoms with van der Waals surface area (Å²) in [6, 6.07) is 0. The summed E-state index contributed by atoms with van der Waals surface area (Å²) in [7, 11) is 0. The van der Waals surface area contributed by atoms with E-state index in [1.807, 2.05) is 0 Å². The fourth-order valence-corrected chi connectivity index (χ4v) is 2.94. The van der Waals surface area contributed by atoms with Gasteiger partial charge in [0.05, 0.1) is 11.6 Å². The Morgan fingerprint density at radius 2 is 2.06 bits per heavy atom. The zero-order valence-corrected chi connectivity index (χ0v) is 10.7. The minimum Gasteiger partial charge on any atom is -0.378 e. The lowest BCUT2D eigenvalue weighted by atomic mass is 9.82. The summed E-state index contributed by atoms with van der Waals surface area (Å²) in [5.74, 6) is 1.36. The van der Waals surface area contributed by atoms with Gasteiger partial charge in [-0.2, -0.15) is 4.98 Å². The number of aromatic nitrogens is 2. The zero-order chi connectivity index (χ0) is 12.4. The van der Waals surface area contributed by atoms with Gasteiger partial charge in [0.15, 0.2) is 5.82 Å². The molecule has 0 spiro atoms. The molecule has 1 saturated heterocycles. The third kappa shape index (κ3) is 2.42. The van der Waals surface area contributed by atoms with Crippen molar-refractivity contribution in [3.8, 4) is 0 Å². The molecule has 100 valence electrons. The topological polar surface area (TPSA) is 74.2 Å². The van der Waals surface area contributed by atoms with Gasteiger partial charge in [-0.25, -0.2) is 0 Å². The normalized spacial score (nSPS) is 27.5. The molecule has 3 rings (SSSR count). The van der Waals surface area contributed by atoms with Crippen molar-refractivity contribution in [2.75, 3.05) is 6.61 Å². The highest BCUT2D eigenvalue weighted by Crippen LogP contribution is 2.33. The Morgan fingerprint density at radius 3 is 2.78 bits per heavy atom. The molecule has 1 aromatic rings. The van der Waals surface area contributed by atoms with Gasteiger partial charge in [-0.05, 0) is 25.7 Å². The van der Waals surface area contributed by atoms with Crippen LogP contribution in [0, 0.1) is 0 Å². The lowest BCUT2D eigenvalue weighted by molar-refractivity contribution is 0.109. The van der Waals surface area contributed by atoms with E-state index in [0.29, 0.717) is 5.89 Å². The average Bonchev–Trinajstić information content (AvgIpc) is 3.02. The second-order valence-electron chi connectivity index (χ2n) is 5.57. The fourth-order valence-electron chi connectivity index (χ4n) is 2.94. The van der Waals surface area contributed by atoms with Crippen molar-refractivity contribution in [3.63, 3.8) is 0 Å². The van der Waals surface area contributed by atoms with Crippen molar-refractivity contribution in [2.24, 2.45) is 5.73 Å². The van der Waals surface area contributed by atoms with Crippen molar-refractivity contribution in [1.82, 2.24) is 10.1 Å². The second kappa shape index (κ2) is 4.97. The first-order valence-electron chi connectivity index (χ1n) is 7.00. The van der Waals surface area contributed by atoms with Gasteiger partial charge in [0.25, 0.3) is 0 Å². The first-order valence-corrected chi connectivity index (χ1v) is 7.00. The van der Waals surface area contributed by atoms with Crippen LogP contribution in [0.1, 0.15) is 56.7 Å². The summed E-state index contributed by atoms with van der Waals surface area (Å²) in [6.45, 7) is 0.857. The molecule has 0 aromatic carbocycles. The molecule has 2 fully saturated rings. The van der Waals surface area contributed by atoms with Crippen LogP contribution in [0.25, 0.3) is 0 Å². The number of rotatable bonds is 3. The molecule has 0 bridgehead atoms. The molecule has 1 aliphatic heterocycles. The molecule has 0 radical (unpaired) electrons. The van der Waals surface area contributed by atoms with E-state index in [1.54, 1.807) is 0 Å². The molecule has 5 nitrogen and oxygen atoms in total. The predicted octanol–water partition coefficient (Wildman–Crippen LogP) is 1.91. The fraction of sp³-hybridized carbons (Fsp3) is 0.846. The summed E-state index contributed by atoms with van der Waals surface area (Å²) in [5.41, 5.74) is 5.99. The van der Waals surface area contributed by atoms with Crippen LogP contribution in [0.15, 0.2) is 4.52 Å². The molecule has 5 heteroatoms. The number of nitrogens with two attached hydrogens (primary N) is 1. The second-order valence-corrected chi connectivity index (χ2v) is 5.57. The van der Waals surface area contributed by atoms with Crippen LogP contribution in [-0.4, -0.2) is 22.9 Å². The largest absolute Gasteiger partial charge is 0.378 e. The van der Waals surface area contributed by atoms with Crippen LogP contribution >= 0.6 is 0 Å². The van der Waals surface area contributed by atoms with Gasteiger partial charge in [-0.3, -0.25) is 0 Å². The maximum absolute atomic E-state index is 6.37. The highest BCUT2D eigenvalue weighted by molar-refractivity contribution is 5.04. The Bertz CT molecular complexity index is 393. The van der Waals surface area contributed by atoms with Crippen molar-refractivity contribution in [1.29, 1.82) is 0 Å². The third-order valence-corrected chi connectivity index (χ3v) is 4.07. The third-order valence-electron chi connectivity index (χ3n) is 4.07. The standard InChI is InChI=1S/C13H21N3O2/c14-13(6-2-1-3-7-13)12-15-11(16-18-12)9-10-5-4-8-17-10/h10H,1-9,14H2. The van der Waals surface area contributed by atoms with Crippen molar-refractivity contribution >= 4 is 0 Å². The lowest BCUT2D eigenvalue weighted by Gasteiger charge is -2.29. The van der Waals surface area contributed by atoms with E-state index in [0.717, 1.165) is 57.4 Å². The number of nitrogens with zero attached hydrogens (tertiary/aromatic N) is 2. The SMILES string of the molecule is NC1(c2nc(CC3CCCO3)no2)CCCCC1. The molecule has 2 aliphatic rings. The van der Waals surface area contributed by atoms with Crippen LogP contribution < -0.4 is 5.73 Å². The van der Waals surface area contributed by atoms with Crippen LogP contribution in [0.3, 0.4) is 0 Å². The van der Waals surface area contributed by atoms with Gasteiger partial charge in [-0.15, -0.1) is 0 Å². The molecule has 1 aromatic heterocycles. The molecular formula is C13H21N3O2. The maximum Gasteiger partial charge on any atom is 0.246 e. The minimum atomic E-state index is -0.389. The van der Waals surface area contributed by atoms with E-state index >= 15 is 0 Å².